The second-order valence-electron chi connectivity index (χ2n) is 4.62. The molecular formula is C13H14Cl2N2O2. The Kier molecular flexibility index (Phi) is 4.32. The second kappa shape index (κ2) is 5.80. The zero-order valence-electron chi connectivity index (χ0n) is 10.4. The topological polar surface area (TPSA) is 52.9 Å². The van der Waals surface area contributed by atoms with E-state index in [-0.39, 0.29) is 11.8 Å². The molecule has 1 atom stereocenters. The minimum absolute atomic E-state index is 0.0423. The number of likely N-dealkylation sites (tertiary alicyclic amines) is 1. The summed E-state index contributed by atoms with van der Waals surface area (Å²) < 4.78 is 0. The number of amides is 1. The summed E-state index contributed by atoms with van der Waals surface area (Å²) in [6.45, 7) is 2.96. The molecule has 0 radical (unpaired) electrons. The van der Waals surface area contributed by atoms with E-state index in [0.717, 1.165) is 5.71 Å². The highest BCUT2D eigenvalue weighted by Gasteiger charge is 2.27. The molecule has 1 aliphatic rings. The fourth-order valence-corrected chi connectivity index (χ4v) is 2.56. The summed E-state index contributed by atoms with van der Waals surface area (Å²) in [5.41, 5.74) is 1.13. The van der Waals surface area contributed by atoms with Crippen molar-refractivity contribution in [1.29, 1.82) is 0 Å². The summed E-state index contributed by atoms with van der Waals surface area (Å²) in [5.74, 6) is -0.100. The van der Waals surface area contributed by atoms with Crippen LogP contribution in [0, 0.1) is 5.92 Å². The van der Waals surface area contributed by atoms with E-state index in [1.165, 1.54) is 0 Å². The van der Waals surface area contributed by atoms with Crippen molar-refractivity contribution in [3.8, 4) is 0 Å². The molecule has 1 N–H and O–H groups in total. The van der Waals surface area contributed by atoms with Gasteiger partial charge < -0.3 is 10.1 Å². The highest BCUT2D eigenvalue weighted by molar-refractivity contribution is 6.35. The third-order valence-electron chi connectivity index (χ3n) is 3.28. The summed E-state index contributed by atoms with van der Waals surface area (Å²) in [4.78, 5) is 14.1. The van der Waals surface area contributed by atoms with Crippen molar-refractivity contribution in [2.45, 2.75) is 13.3 Å². The van der Waals surface area contributed by atoms with Gasteiger partial charge in [0.15, 0.2) is 0 Å². The molecule has 0 aromatic heterocycles. The van der Waals surface area contributed by atoms with Crippen molar-refractivity contribution >= 4 is 34.8 Å². The van der Waals surface area contributed by atoms with Gasteiger partial charge in [0.2, 0.25) is 0 Å². The van der Waals surface area contributed by atoms with Crippen molar-refractivity contribution in [2.75, 3.05) is 13.1 Å². The molecule has 0 aliphatic carbocycles. The number of halogens is 2. The zero-order chi connectivity index (χ0) is 14.0. The number of hydrogen-bond donors (Lipinski definition) is 1. The number of benzene rings is 1. The summed E-state index contributed by atoms with van der Waals surface area (Å²) in [6.07, 6.45) is 0.571. The summed E-state index contributed by atoms with van der Waals surface area (Å²) in [5, 5.41) is 13.0. The van der Waals surface area contributed by atoms with Gasteiger partial charge in [-0.2, -0.15) is 0 Å². The minimum Gasteiger partial charge on any atom is -0.411 e. The molecule has 1 aromatic rings. The second-order valence-corrected chi connectivity index (χ2v) is 5.46. The number of rotatable bonds is 1. The third-order valence-corrected chi connectivity index (χ3v) is 3.84. The maximum Gasteiger partial charge on any atom is 0.255 e. The molecule has 2 rings (SSSR count). The van der Waals surface area contributed by atoms with Crippen LogP contribution in [0.3, 0.4) is 0 Å². The Bertz CT molecular complexity index is 531. The molecule has 6 heteroatoms. The lowest BCUT2D eigenvalue weighted by molar-refractivity contribution is 0.0734. The maximum atomic E-state index is 12.4. The number of piperidine rings is 1. The Morgan fingerprint density at radius 1 is 1.47 bits per heavy atom. The zero-order valence-corrected chi connectivity index (χ0v) is 11.9. The van der Waals surface area contributed by atoms with Crippen LogP contribution in [0.4, 0.5) is 0 Å². The van der Waals surface area contributed by atoms with Crippen LogP contribution in [0.15, 0.2) is 23.4 Å². The number of carbonyl (C=O) groups is 1. The fraction of sp³-hybridized carbons (Fsp3) is 0.385. The van der Waals surface area contributed by atoms with Gasteiger partial charge in [-0.3, -0.25) is 4.79 Å². The molecule has 19 heavy (non-hydrogen) atoms. The Labute approximate surface area is 121 Å². The Morgan fingerprint density at radius 3 is 2.84 bits per heavy atom. The summed E-state index contributed by atoms with van der Waals surface area (Å²) in [7, 11) is 0. The van der Waals surface area contributed by atoms with Gasteiger partial charge in [0.1, 0.15) is 0 Å². The monoisotopic (exact) mass is 300 g/mol. The predicted octanol–water partition coefficient (Wildman–Crippen LogP) is 3.31. The van der Waals surface area contributed by atoms with Crippen LogP contribution in [0.25, 0.3) is 0 Å². The van der Waals surface area contributed by atoms with Crippen molar-refractivity contribution < 1.29 is 10.0 Å². The number of carbonyl (C=O) groups excluding carboxylic acids is 1. The molecular weight excluding hydrogens is 287 g/mol. The number of nitrogens with zero attached hydrogens (tertiary/aromatic N) is 2. The van der Waals surface area contributed by atoms with Crippen LogP contribution >= 0.6 is 23.2 Å². The van der Waals surface area contributed by atoms with Gasteiger partial charge in [0.25, 0.3) is 5.91 Å². The smallest absolute Gasteiger partial charge is 0.255 e. The number of oxime groups is 1. The van der Waals surface area contributed by atoms with Crippen LogP contribution in [0.1, 0.15) is 23.7 Å². The summed E-state index contributed by atoms with van der Waals surface area (Å²) in [6, 6.07) is 4.84. The lowest BCUT2D eigenvalue weighted by Crippen LogP contribution is -2.43. The first-order valence-corrected chi connectivity index (χ1v) is 6.73. The van der Waals surface area contributed by atoms with E-state index in [2.05, 4.69) is 5.16 Å². The van der Waals surface area contributed by atoms with Crippen LogP contribution in [0.5, 0.6) is 0 Å². The van der Waals surface area contributed by atoms with Crippen molar-refractivity contribution in [3.05, 3.63) is 33.8 Å². The average molecular weight is 301 g/mol. The minimum atomic E-state index is -0.142. The van der Waals surface area contributed by atoms with Crippen molar-refractivity contribution in [3.63, 3.8) is 0 Å². The van der Waals surface area contributed by atoms with E-state index in [4.69, 9.17) is 28.4 Å². The van der Waals surface area contributed by atoms with E-state index >= 15 is 0 Å². The van der Waals surface area contributed by atoms with Gasteiger partial charge in [-0.1, -0.05) is 35.3 Å². The molecule has 102 valence electrons. The van der Waals surface area contributed by atoms with Gasteiger partial charge in [-0.05, 0) is 18.2 Å². The SMILES string of the molecule is CC1CN(C(=O)c2cc(Cl)ccc2Cl)CC/C1=N\O. The fourth-order valence-electron chi connectivity index (χ4n) is 2.19. The highest BCUT2D eigenvalue weighted by atomic mass is 35.5. The van der Waals surface area contributed by atoms with Crippen molar-refractivity contribution in [2.24, 2.45) is 11.1 Å². The lowest BCUT2D eigenvalue weighted by atomic mass is 9.97. The van der Waals surface area contributed by atoms with Crippen LogP contribution in [0.2, 0.25) is 10.0 Å². The largest absolute Gasteiger partial charge is 0.411 e. The van der Waals surface area contributed by atoms with E-state index in [0.29, 0.717) is 35.1 Å². The van der Waals surface area contributed by atoms with Crippen LogP contribution in [-0.2, 0) is 0 Å². The first-order valence-electron chi connectivity index (χ1n) is 5.98. The van der Waals surface area contributed by atoms with Gasteiger partial charge >= 0.3 is 0 Å². The third kappa shape index (κ3) is 3.01. The molecule has 1 aliphatic heterocycles. The van der Waals surface area contributed by atoms with E-state index in [1.807, 2.05) is 6.92 Å². The molecule has 1 amide bonds. The molecule has 0 saturated carbocycles. The van der Waals surface area contributed by atoms with Gasteiger partial charge in [-0.15, -0.1) is 0 Å². The van der Waals surface area contributed by atoms with Crippen LogP contribution in [-0.4, -0.2) is 34.8 Å². The van der Waals surface area contributed by atoms with Crippen LogP contribution < -0.4 is 0 Å². The predicted molar refractivity (Wildman–Crippen MR) is 75.4 cm³/mol. The molecule has 1 saturated heterocycles. The van der Waals surface area contributed by atoms with Gasteiger partial charge in [-0.25, -0.2) is 0 Å². The molecule has 1 unspecified atom stereocenters. The quantitative estimate of drug-likeness (QED) is 0.639. The molecule has 1 fully saturated rings. The normalized spacial score (nSPS) is 21.7. The molecule has 0 spiro atoms. The lowest BCUT2D eigenvalue weighted by Gasteiger charge is -2.31. The first-order chi connectivity index (χ1) is 9.02. The van der Waals surface area contributed by atoms with E-state index < -0.39 is 0 Å². The standard InChI is InChI=1S/C13H14Cl2N2O2/c1-8-7-17(5-4-12(8)16-19)13(18)10-6-9(14)2-3-11(10)15/h2-3,6,8,19H,4-5,7H2,1H3/b16-12+. The molecule has 0 bridgehead atoms. The Hall–Kier alpha value is -1.26. The first kappa shape index (κ1) is 14.2. The number of hydrogen-bond acceptors (Lipinski definition) is 3. The van der Waals surface area contributed by atoms with Gasteiger partial charge in [0.05, 0.1) is 16.3 Å². The average Bonchev–Trinajstić information content (AvgIpc) is 2.40. The van der Waals surface area contributed by atoms with E-state index in [9.17, 15) is 4.79 Å². The van der Waals surface area contributed by atoms with Gasteiger partial charge in [0, 0.05) is 30.5 Å². The van der Waals surface area contributed by atoms with E-state index in [1.54, 1.807) is 23.1 Å². The molecule has 1 aromatic carbocycles. The molecule has 1 heterocycles. The summed E-state index contributed by atoms with van der Waals surface area (Å²) >= 11 is 11.9. The Morgan fingerprint density at radius 2 is 2.21 bits per heavy atom. The highest BCUT2D eigenvalue weighted by Crippen LogP contribution is 2.24. The maximum absolute atomic E-state index is 12.4. The molecule has 4 nitrogen and oxygen atoms in total. The van der Waals surface area contributed by atoms with Crippen molar-refractivity contribution in [1.82, 2.24) is 4.90 Å². The Balaban J connectivity index is 2.19.